The molecule has 1 aromatic heterocycles. The summed E-state index contributed by atoms with van der Waals surface area (Å²) in [7, 11) is 0. The van der Waals surface area contributed by atoms with Gasteiger partial charge >= 0.3 is 5.97 Å². The second kappa shape index (κ2) is 5.27. The maximum atomic E-state index is 11.0. The molecule has 19 heavy (non-hydrogen) atoms. The quantitative estimate of drug-likeness (QED) is 0.933. The minimum atomic E-state index is -0.925. The molecule has 0 radical (unpaired) electrons. The van der Waals surface area contributed by atoms with Gasteiger partial charge in [-0.3, -0.25) is 0 Å². The number of thioether (sulfide) groups is 1. The first-order valence-electron chi connectivity index (χ1n) is 5.91. The minimum Gasteiger partial charge on any atom is -0.491 e. The summed E-state index contributed by atoms with van der Waals surface area (Å²) in [6.45, 7) is 0.529. The van der Waals surface area contributed by atoms with E-state index in [1.807, 2.05) is 23.9 Å². The number of rotatable bonds is 4. The molecule has 3 nitrogen and oxygen atoms in total. The second-order valence-corrected chi connectivity index (χ2v) is 6.25. The SMILES string of the molecule is O=C(O)c1sccc1OCC1CSc2ccccc21. The second-order valence-electron chi connectivity index (χ2n) is 4.28. The first kappa shape index (κ1) is 12.6. The summed E-state index contributed by atoms with van der Waals surface area (Å²) in [5, 5.41) is 10.8. The van der Waals surface area contributed by atoms with Gasteiger partial charge in [0.2, 0.25) is 0 Å². The molecule has 0 aliphatic carbocycles. The van der Waals surface area contributed by atoms with Gasteiger partial charge in [0.25, 0.3) is 0 Å². The van der Waals surface area contributed by atoms with Crippen molar-refractivity contribution in [1.29, 1.82) is 0 Å². The minimum absolute atomic E-state index is 0.277. The number of carboxylic acids is 1. The van der Waals surface area contributed by atoms with Crippen molar-refractivity contribution in [2.75, 3.05) is 12.4 Å². The third-order valence-corrected chi connectivity index (χ3v) is 5.20. The number of carbonyl (C=O) groups is 1. The highest BCUT2D eigenvalue weighted by Gasteiger charge is 2.24. The van der Waals surface area contributed by atoms with Crippen molar-refractivity contribution in [2.24, 2.45) is 0 Å². The van der Waals surface area contributed by atoms with Crippen LogP contribution in [0.2, 0.25) is 0 Å². The highest BCUT2D eigenvalue weighted by molar-refractivity contribution is 7.99. The van der Waals surface area contributed by atoms with E-state index in [0.717, 1.165) is 5.75 Å². The van der Waals surface area contributed by atoms with Crippen LogP contribution in [0, 0.1) is 0 Å². The molecule has 5 heteroatoms. The van der Waals surface area contributed by atoms with E-state index < -0.39 is 5.97 Å². The number of aromatic carboxylic acids is 1. The van der Waals surface area contributed by atoms with Crippen molar-refractivity contribution in [1.82, 2.24) is 0 Å². The largest absolute Gasteiger partial charge is 0.491 e. The van der Waals surface area contributed by atoms with Crippen LogP contribution in [0.3, 0.4) is 0 Å². The average Bonchev–Trinajstić information content (AvgIpc) is 3.03. The van der Waals surface area contributed by atoms with Crippen LogP contribution in [-0.2, 0) is 0 Å². The van der Waals surface area contributed by atoms with Crippen LogP contribution < -0.4 is 4.74 Å². The Bertz CT molecular complexity index is 606. The molecule has 98 valence electrons. The summed E-state index contributed by atoms with van der Waals surface area (Å²) >= 11 is 3.03. The number of carboxylic acid groups (broad SMARTS) is 1. The number of fused-ring (bicyclic) bond motifs is 1. The summed E-state index contributed by atoms with van der Waals surface area (Å²) in [6, 6.07) is 10.0. The molecule has 1 aliphatic heterocycles. The van der Waals surface area contributed by atoms with Crippen LogP contribution in [-0.4, -0.2) is 23.4 Å². The van der Waals surface area contributed by atoms with Gasteiger partial charge in [-0.2, -0.15) is 0 Å². The van der Waals surface area contributed by atoms with E-state index in [4.69, 9.17) is 9.84 Å². The zero-order valence-corrected chi connectivity index (χ0v) is 11.7. The smallest absolute Gasteiger partial charge is 0.349 e. The Morgan fingerprint density at radius 1 is 1.37 bits per heavy atom. The molecule has 0 spiro atoms. The molecule has 1 unspecified atom stereocenters. The standard InChI is InChI=1S/C14H12O3S2/c15-14(16)13-11(5-6-18-13)17-7-9-8-19-12-4-2-1-3-10(9)12/h1-6,9H,7-8H2,(H,15,16). The first-order chi connectivity index (χ1) is 9.25. The highest BCUT2D eigenvalue weighted by Crippen LogP contribution is 2.39. The van der Waals surface area contributed by atoms with Gasteiger partial charge in [-0.25, -0.2) is 4.79 Å². The van der Waals surface area contributed by atoms with Crippen molar-refractivity contribution in [3.8, 4) is 5.75 Å². The third-order valence-electron chi connectivity index (χ3n) is 3.06. The molecule has 0 saturated carbocycles. The van der Waals surface area contributed by atoms with Crippen molar-refractivity contribution in [2.45, 2.75) is 10.8 Å². The lowest BCUT2D eigenvalue weighted by molar-refractivity contribution is 0.0698. The lowest BCUT2D eigenvalue weighted by Crippen LogP contribution is -2.10. The molecule has 0 fully saturated rings. The molecule has 1 atom stereocenters. The maximum absolute atomic E-state index is 11.0. The third kappa shape index (κ3) is 2.48. The van der Waals surface area contributed by atoms with Gasteiger partial charge in [0.05, 0.1) is 6.61 Å². The molecule has 1 aromatic carbocycles. The Hall–Kier alpha value is -1.46. The van der Waals surface area contributed by atoms with Crippen molar-refractivity contribution in [3.63, 3.8) is 0 Å². The van der Waals surface area contributed by atoms with Gasteiger partial charge in [-0.1, -0.05) is 18.2 Å². The Kier molecular flexibility index (Phi) is 3.48. The van der Waals surface area contributed by atoms with Gasteiger partial charge < -0.3 is 9.84 Å². The molecule has 3 rings (SSSR count). The van der Waals surface area contributed by atoms with E-state index in [0.29, 0.717) is 18.3 Å². The number of ether oxygens (including phenoxy) is 1. The summed E-state index contributed by atoms with van der Waals surface area (Å²) in [5.74, 6) is 0.882. The molecule has 2 heterocycles. The normalized spacial score (nSPS) is 17.2. The van der Waals surface area contributed by atoms with Crippen LogP contribution in [0.4, 0.5) is 0 Å². The van der Waals surface area contributed by atoms with Crippen LogP contribution >= 0.6 is 23.1 Å². The van der Waals surface area contributed by atoms with E-state index in [-0.39, 0.29) is 4.88 Å². The lowest BCUT2D eigenvalue weighted by Gasteiger charge is -2.12. The zero-order chi connectivity index (χ0) is 13.2. The van der Waals surface area contributed by atoms with E-state index in [1.54, 1.807) is 11.4 Å². The average molecular weight is 292 g/mol. The monoisotopic (exact) mass is 292 g/mol. The van der Waals surface area contributed by atoms with Gasteiger partial charge in [0.1, 0.15) is 5.75 Å². The highest BCUT2D eigenvalue weighted by atomic mass is 32.2. The fourth-order valence-electron chi connectivity index (χ4n) is 2.12. The predicted molar refractivity (Wildman–Crippen MR) is 76.7 cm³/mol. The van der Waals surface area contributed by atoms with Crippen molar-refractivity contribution < 1.29 is 14.6 Å². The summed E-state index contributed by atoms with van der Waals surface area (Å²) < 4.78 is 5.70. The van der Waals surface area contributed by atoms with Crippen molar-refractivity contribution >= 4 is 29.1 Å². The zero-order valence-electron chi connectivity index (χ0n) is 10.0. The Morgan fingerprint density at radius 2 is 2.21 bits per heavy atom. The molecule has 0 bridgehead atoms. The Labute approximate surface area is 119 Å². The molecule has 2 aromatic rings. The van der Waals surface area contributed by atoms with Crippen LogP contribution in [0.25, 0.3) is 0 Å². The van der Waals surface area contributed by atoms with Crippen LogP contribution in [0.5, 0.6) is 5.75 Å². The van der Waals surface area contributed by atoms with Crippen LogP contribution in [0.1, 0.15) is 21.2 Å². The van der Waals surface area contributed by atoms with E-state index in [9.17, 15) is 4.79 Å². The molecule has 1 N–H and O–H groups in total. The van der Waals surface area contributed by atoms with Gasteiger partial charge in [0.15, 0.2) is 4.88 Å². The molecule has 0 saturated heterocycles. The molecular weight excluding hydrogens is 280 g/mol. The first-order valence-corrected chi connectivity index (χ1v) is 7.77. The van der Waals surface area contributed by atoms with Gasteiger partial charge in [-0.05, 0) is 23.1 Å². The summed E-state index contributed by atoms with van der Waals surface area (Å²) in [4.78, 5) is 12.6. The summed E-state index contributed by atoms with van der Waals surface area (Å²) in [6.07, 6.45) is 0. The van der Waals surface area contributed by atoms with Gasteiger partial charge in [-0.15, -0.1) is 23.1 Å². The molecule has 1 aliphatic rings. The van der Waals surface area contributed by atoms with E-state index >= 15 is 0 Å². The predicted octanol–water partition coefficient (Wildman–Crippen LogP) is 3.71. The Morgan fingerprint density at radius 3 is 3.05 bits per heavy atom. The topological polar surface area (TPSA) is 46.5 Å². The van der Waals surface area contributed by atoms with Crippen molar-refractivity contribution in [3.05, 3.63) is 46.2 Å². The number of benzene rings is 1. The van der Waals surface area contributed by atoms with E-state index in [1.165, 1.54) is 21.8 Å². The molecule has 0 amide bonds. The number of hydrogen-bond donors (Lipinski definition) is 1. The number of thiophene rings is 1. The summed E-state index contributed by atoms with van der Waals surface area (Å²) in [5.41, 5.74) is 1.31. The fourth-order valence-corrected chi connectivity index (χ4v) is 4.03. The number of hydrogen-bond acceptors (Lipinski definition) is 4. The lowest BCUT2D eigenvalue weighted by atomic mass is 10.0. The van der Waals surface area contributed by atoms with Crippen LogP contribution in [0.15, 0.2) is 40.6 Å². The Balaban J connectivity index is 1.71. The van der Waals surface area contributed by atoms with Gasteiger partial charge in [0, 0.05) is 16.6 Å². The fraction of sp³-hybridized carbons (Fsp3) is 0.214. The maximum Gasteiger partial charge on any atom is 0.349 e. The van der Waals surface area contributed by atoms with E-state index in [2.05, 4.69) is 12.1 Å². The molecular formula is C14H12O3S2.